The molecular formula is C12H8F3NO3. The predicted molar refractivity (Wildman–Crippen MR) is 60.3 cm³/mol. The van der Waals surface area contributed by atoms with Gasteiger partial charge in [0.1, 0.15) is 11.4 Å². The van der Waals surface area contributed by atoms with Crippen LogP contribution in [-0.2, 0) is 6.18 Å². The van der Waals surface area contributed by atoms with Crippen LogP contribution < -0.4 is 4.74 Å². The molecule has 1 aromatic carbocycles. The SMILES string of the molecule is COc1ccc2nc(C(F)(F)F)cc(C(=O)O)c2c1. The summed E-state index contributed by atoms with van der Waals surface area (Å²) in [5.41, 5.74) is -1.74. The fourth-order valence-electron chi connectivity index (χ4n) is 1.65. The monoisotopic (exact) mass is 271 g/mol. The van der Waals surface area contributed by atoms with Gasteiger partial charge in [0.15, 0.2) is 0 Å². The van der Waals surface area contributed by atoms with Gasteiger partial charge in [0, 0.05) is 5.39 Å². The van der Waals surface area contributed by atoms with E-state index in [1.807, 2.05) is 0 Å². The highest BCUT2D eigenvalue weighted by Gasteiger charge is 2.34. The van der Waals surface area contributed by atoms with Gasteiger partial charge in [0.05, 0.1) is 18.2 Å². The van der Waals surface area contributed by atoms with Crippen molar-refractivity contribution in [1.29, 1.82) is 0 Å². The average molecular weight is 271 g/mol. The van der Waals surface area contributed by atoms with Gasteiger partial charge in [0.2, 0.25) is 0 Å². The van der Waals surface area contributed by atoms with Crippen molar-refractivity contribution in [1.82, 2.24) is 4.98 Å². The Labute approximate surface area is 105 Å². The molecule has 1 N–H and O–H groups in total. The van der Waals surface area contributed by atoms with Crippen molar-refractivity contribution in [3.63, 3.8) is 0 Å². The second kappa shape index (κ2) is 4.42. The molecule has 0 atom stereocenters. The van der Waals surface area contributed by atoms with E-state index in [1.165, 1.54) is 25.3 Å². The normalized spacial score (nSPS) is 11.6. The lowest BCUT2D eigenvalue weighted by Crippen LogP contribution is -2.11. The number of aromatic nitrogens is 1. The fourth-order valence-corrected chi connectivity index (χ4v) is 1.65. The first-order chi connectivity index (χ1) is 8.82. The van der Waals surface area contributed by atoms with Crippen LogP contribution >= 0.6 is 0 Å². The maximum atomic E-state index is 12.6. The van der Waals surface area contributed by atoms with Crippen molar-refractivity contribution in [3.05, 3.63) is 35.5 Å². The zero-order valence-electron chi connectivity index (χ0n) is 9.65. The number of methoxy groups -OCH3 is 1. The fraction of sp³-hybridized carbons (Fsp3) is 0.167. The molecule has 0 saturated carbocycles. The number of aromatic carboxylic acids is 1. The topological polar surface area (TPSA) is 59.4 Å². The van der Waals surface area contributed by atoms with Crippen molar-refractivity contribution in [2.45, 2.75) is 6.18 Å². The quantitative estimate of drug-likeness (QED) is 0.912. The number of rotatable bonds is 2. The number of halogens is 3. The Morgan fingerprint density at radius 2 is 2.00 bits per heavy atom. The highest BCUT2D eigenvalue weighted by molar-refractivity contribution is 6.03. The largest absolute Gasteiger partial charge is 0.497 e. The molecule has 2 rings (SSSR count). The molecule has 19 heavy (non-hydrogen) atoms. The van der Waals surface area contributed by atoms with Gasteiger partial charge >= 0.3 is 12.1 Å². The van der Waals surface area contributed by atoms with E-state index >= 15 is 0 Å². The Morgan fingerprint density at radius 1 is 1.32 bits per heavy atom. The molecule has 0 unspecified atom stereocenters. The number of nitrogens with zero attached hydrogens (tertiary/aromatic N) is 1. The van der Waals surface area contributed by atoms with E-state index in [4.69, 9.17) is 9.84 Å². The molecule has 0 fully saturated rings. The van der Waals surface area contributed by atoms with E-state index in [1.54, 1.807) is 0 Å². The molecule has 1 aromatic heterocycles. The summed E-state index contributed by atoms with van der Waals surface area (Å²) in [4.78, 5) is 14.5. The maximum absolute atomic E-state index is 12.6. The van der Waals surface area contributed by atoms with Crippen molar-refractivity contribution >= 4 is 16.9 Å². The van der Waals surface area contributed by atoms with Gasteiger partial charge in [-0.05, 0) is 24.3 Å². The highest BCUT2D eigenvalue weighted by Crippen LogP contribution is 2.32. The third-order valence-corrected chi connectivity index (χ3v) is 2.54. The van der Waals surface area contributed by atoms with Gasteiger partial charge in [0.25, 0.3) is 0 Å². The first kappa shape index (κ1) is 13.1. The lowest BCUT2D eigenvalue weighted by atomic mass is 10.1. The number of hydrogen-bond donors (Lipinski definition) is 1. The number of carboxylic acids is 1. The smallest absolute Gasteiger partial charge is 0.433 e. The van der Waals surface area contributed by atoms with Gasteiger partial charge in [-0.1, -0.05) is 0 Å². The predicted octanol–water partition coefficient (Wildman–Crippen LogP) is 2.96. The Morgan fingerprint density at radius 3 is 2.53 bits per heavy atom. The third kappa shape index (κ3) is 2.44. The van der Waals surface area contributed by atoms with Gasteiger partial charge < -0.3 is 9.84 Å². The molecule has 0 amide bonds. The number of carbonyl (C=O) groups is 1. The maximum Gasteiger partial charge on any atom is 0.433 e. The van der Waals surface area contributed by atoms with Gasteiger partial charge in [-0.15, -0.1) is 0 Å². The van der Waals surface area contributed by atoms with Gasteiger partial charge in [-0.3, -0.25) is 0 Å². The number of pyridine rings is 1. The Hall–Kier alpha value is -2.31. The van der Waals surface area contributed by atoms with Crippen LogP contribution in [0.15, 0.2) is 24.3 Å². The number of ether oxygens (including phenoxy) is 1. The summed E-state index contributed by atoms with van der Waals surface area (Å²) in [5, 5.41) is 9.10. The first-order valence-corrected chi connectivity index (χ1v) is 5.12. The van der Waals surface area contributed by atoms with Crippen molar-refractivity contribution in [3.8, 4) is 5.75 Å². The van der Waals surface area contributed by atoms with E-state index in [0.29, 0.717) is 11.8 Å². The zero-order chi connectivity index (χ0) is 14.2. The molecule has 7 heteroatoms. The molecule has 4 nitrogen and oxygen atoms in total. The van der Waals surface area contributed by atoms with Crippen LogP contribution in [-0.4, -0.2) is 23.2 Å². The van der Waals surface area contributed by atoms with Crippen molar-refractivity contribution in [2.75, 3.05) is 7.11 Å². The Bertz CT molecular complexity index is 652. The van der Waals surface area contributed by atoms with Crippen LogP contribution in [0.25, 0.3) is 10.9 Å². The highest BCUT2D eigenvalue weighted by atomic mass is 19.4. The van der Waals surface area contributed by atoms with E-state index in [0.717, 1.165) is 0 Å². The molecule has 0 bridgehead atoms. The first-order valence-electron chi connectivity index (χ1n) is 5.12. The average Bonchev–Trinajstić information content (AvgIpc) is 2.35. The summed E-state index contributed by atoms with van der Waals surface area (Å²) in [5.74, 6) is -1.11. The van der Waals surface area contributed by atoms with Crippen LogP contribution in [0, 0.1) is 0 Å². The standard InChI is InChI=1S/C12H8F3NO3/c1-19-6-2-3-9-7(4-6)8(11(17)18)5-10(16-9)12(13,14)15/h2-5H,1H3,(H,17,18). The van der Waals surface area contributed by atoms with Crippen LogP contribution in [0.5, 0.6) is 5.75 Å². The molecule has 0 aliphatic rings. The van der Waals surface area contributed by atoms with E-state index in [-0.39, 0.29) is 10.9 Å². The zero-order valence-corrected chi connectivity index (χ0v) is 9.65. The molecule has 0 radical (unpaired) electrons. The van der Waals surface area contributed by atoms with E-state index < -0.39 is 23.4 Å². The van der Waals surface area contributed by atoms with Crippen LogP contribution in [0.4, 0.5) is 13.2 Å². The van der Waals surface area contributed by atoms with Gasteiger partial charge in [-0.2, -0.15) is 13.2 Å². The van der Waals surface area contributed by atoms with E-state index in [9.17, 15) is 18.0 Å². The third-order valence-electron chi connectivity index (χ3n) is 2.54. The minimum atomic E-state index is -4.70. The number of alkyl halides is 3. The molecule has 100 valence electrons. The Kier molecular flexibility index (Phi) is 3.05. The Balaban J connectivity index is 2.79. The molecular weight excluding hydrogens is 263 g/mol. The summed E-state index contributed by atoms with van der Waals surface area (Å²) >= 11 is 0. The summed E-state index contributed by atoms with van der Waals surface area (Å²) in [6.45, 7) is 0. The second-order valence-corrected chi connectivity index (χ2v) is 3.74. The van der Waals surface area contributed by atoms with Crippen LogP contribution in [0.2, 0.25) is 0 Å². The second-order valence-electron chi connectivity index (χ2n) is 3.74. The molecule has 0 spiro atoms. The number of benzene rings is 1. The minimum absolute atomic E-state index is 0.0481. The number of fused-ring (bicyclic) bond motifs is 1. The van der Waals surface area contributed by atoms with Gasteiger partial charge in [-0.25, -0.2) is 9.78 Å². The summed E-state index contributed by atoms with van der Waals surface area (Å²) in [6, 6.07) is 4.56. The van der Waals surface area contributed by atoms with Crippen molar-refractivity contribution < 1.29 is 27.8 Å². The molecule has 2 aromatic rings. The van der Waals surface area contributed by atoms with Crippen LogP contribution in [0.3, 0.4) is 0 Å². The lowest BCUT2D eigenvalue weighted by molar-refractivity contribution is -0.140. The molecule has 0 saturated heterocycles. The van der Waals surface area contributed by atoms with Crippen molar-refractivity contribution in [2.24, 2.45) is 0 Å². The lowest BCUT2D eigenvalue weighted by Gasteiger charge is -2.10. The molecule has 0 aliphatic heterocycles. The molecule has 0 aliphatic carbocycles. The molecule has 1 heterocycles. The van der Waals surface area contributed by atoms with E-state index in [2.05, 4.69) is 4.98 Å². The number of hydrogen-bond acceptors (Lipinski definition) is 3. The summed E-state index contributed by atoms with van der Waals surface area (Å²) in [6.07, 6.45) is -4.70. The van der Waals surface area contributed by atoms with Crippen LogP contribution in [0.1, 0.15) is 16.1 Å². The summed E-state index contributed by atoms with van der Waals surface area (Å²) in [7, 11) is 1.37. The summed E-state index contributed by atoms with van der Waals surface area (Å²) < 4.78 is 42.8. The minimum Gasteiger partial charge on any atom is -0.497 e. The number of carboxylic acid groups (broad SMARTS) is 1.